The maximum atomic E-state index is 11.9. The Bertz CT molecular complexity index is 367. The van der Waals surface area contributed by atoms with Crippen LogP contribution >= 0.6 is 11.6 Å². The maximum Gasteiger partial charge on any atom is 0.0647 e. The lowest BCUT2D eigenvalue weighted by Crippen LogP contribution is -2.02. The van der Waals surface area contributed by atoms with E-state index in [2.05, 4.69) is 11.9 Å². The van der Waals surface area contributed by atoms with E-state index in [1.807, 2.05) is 12.1 Å². The van der Waals surface area contributed by atoms with Crippen LogP contribution in [0, 0.1) is 0 Å². The summed E-state index contributed by atoms with van der Waals surface area (Å²) >= 11 is 5.68. The quantitative estimate of drug-likeness (QED) is 0.473. The summed E-state index contributed by atoms with van der Waals surface area (Å²) < 4.78 is 11.9. The number of unbranched alkanes of at least 4 members (excludes halogenated alkanes) is 5. The SMILES string of the molecule is CCCCCCCCS(=O)Cc1ccc(CCl)nc1. The molecule has 0 bridgehead atoms. The van der Waals surface area contributed by atoms with E-state index in [0.29, 0.717) is 11.6 Å². The van der Waals surface area contributed by atoms with Gasteiger partial charge in [0.25, 0.3) is 0 Å². The van der Waals surface area contributed by atoms with E-state index < -0.39 is 10.8 Å². The Balaban J connectivity index is 2.16. The fraction of sp³-hybridized carbons (Fsp3) is 0.667. The number of hydrogen-bond donors (Lipinski definition) is 0. The van der Waals surface area contributed by atoms with E-state index in [0.717, 1.165) is 23.4 Å². The van der Waals surface area contributed by atoms with Gasteiger partial charge in [-0.05, 0) is 18.1 Å². The van der Waals surface area contributed by atoms with Gasteiger partial charge in [0.15, 0.2) is 0 Å². The Morgan fingerprint density at radius 1 is 1.16 bits per heavy atom. The standard InChI is InChI=1S/C15H24ClNOS/c1-2-3-4-5-6-7-10-19(18)13-14-8-9-15(11-16)17-12-14/h8-9,12H,2-7,10-11,13H2,1H3. The Morgan fingerprint density at radius 2 is 1.89 bits per heavy atom. The topological polar surface area (TPSA) is 30.0 Å². The van der Waals surface area contributed by atoms with Crippen LogP contribution in [0.4, 0.5) is 0 Å². The van der Waals surface area contributed by atoms with Crippen LogP contribution in [-0.2, 0) is 22.4 Å². The summed E-state index contributed by atoms with van der Waals surface area (Å²) in [6.07, 6.45) is 9.25. The molecule has 1 unspecified atom stereocenters. The predicted molar refractivity (Wildman–Crippen MR) is 83.9 cm³/mol. The van der Waals surface area contributed by atoms with E-state index in [4.69, 9.17) is 11.6 Å². The molecule has 0 aliphatic rings. The minimum absolute atomic E-state index is 0.432. The molecule has 0 aromatic carbocycles. The minimum Gasteiger partial charge on any atom is -0.260 e. The zero-order valence-electron chi connectivity index (χ0n) is 11.7. The van der Waals surface area contributed by atoms with Gasteiger partial charge in [0.1, 0.15) is 0 Å². The minimum atomic E-state index is -0.760. The molecular formula is C15H24ClNOS. The Morgan fingerprint density at radius 3 is 2.53 bits per heavy atom. The third-order valence-corrected chi connectivity index (χ3v) is 4.75. The van der Waals surface area contributed by atoms with Crippen molar-refractivity contribution in [2.45, 2.75) is 57.1 Å². The van der Waals surface area contributed by atoms with Crippen LogP contribution in [-0.4, -0.2) is 14.9 Å². The Hall–Kier alpha value is -0.410. The first-order chi connectivity index (χ1) is 9.26. The van der Waals surface area contributed by atoms with Gasteiger partial charge in [-0.3, -0.25) is 9.19 Å². The predicted octanol–water partition coefficient (Wildman–Crippen LogP) is 4.43. The summed E-state index contributed by atoms with van der Waals surface area (Å²) in [5, 5.41) is 0. The van der Waals surface area contributed by atoms with Crippen molar-refractivity contribution in [3.05, 3.63) is 29.6 Å². The largest absolute Gasteiger partial charge is 0.260 e. The number of halogens is 1. The molecule has 1 atom stereocenters. The molecule has 1 rings (SSSR count). The van der Waals surface area contributed by atoms with Crippen molar-refractivity contribution in [1.29, 1.82) is 0 Å². The van der Waals surface area contributed by atoms with Crippen LogP contribution < -0.4 is 0 Å². The number of alkyl halides is 1. The molecule has 19 heavy (non-hydrogen) atoms. The second-order valence-corrected chi connectivity index (χ2v) is 6.69. The fourth-order valence-electron chi connectivity index (χ4n) is 1.92. The lowest BCUT2D eigenvalue weighted by atomic mass is 10.1. The molecule has 0 spiro atoms. The molecule has 2 nitrogen and oxygen atoms in total. The second kappa shape index (κ2) is 10.4. The van der Waals surface area contributed by atoms with Gasteiger partial charge >= 0.3 is 0 Å². The molecule has 0 saturated heterocycles. The number of aromatic nitrogens is 1. The Labute approximate surface area is 124 Å². The number of pyridine rings is 1. The first-order valence-electron chi connectivity index (χ1n) is 7.11. The van der Waals surface area contributed by atoms with Crippen molar-refractivity contribution < 1.29 is 4.21 Å². The van der Waals surface area contributed by atoms with Gasteiger partial charge in [-0.1, -0.05) is 45.1 Å². The van der Waals surface area contributed by atoms with Crippen LogP contribution in [0.5, 0.6) is 0 Å². The molecule has 0 radical (unpaired) electrons. The van der Waals surface area contributed by atoms with Gasteiger partial charge in [0, 0.05) is 22.7 Å². The highest BCUT2D eigenvalue weighted by molar-refractivity contribution is 7.84. The highest BCUT2D eigenvalue weighted by Gasteiger charge is 2.03. The molecular weight excluding hydrogens is 278 g/mol. The molecule has 108 valence electrons. The molecule has 1 aromatic rings. The molecule has 0 aliphatic heterocycles. The van der Waals surface area contributed by atoms with Gasteiger partial charge < -0.3 is 0 Å². The summed E-state index contributed by atoms with van der Waals surface area (Å²) in [6, 6.07) is 3.88. The molecule has 4 heteroatoms. The van der Waals surface area contributed by atoms with Crippen LogP contribution in [0.1, 0.15) is 56.7 Å². The van der Waals surface area contributed by atoms with Crippen molar-refractivity contribution in [3.8, 4) is 0 Å². The van der Waals surface area contributed by atoms with Crippen molar-refractivity contribution >= 4 is 22.4 Å². The summed E-state index contributed by atoms with van der Waals surface area (Å²) in [7, 11) is -0.760. The Kier molecular flexibility index (Phi) is 9.10. The average Bonchev–Trinajstić information content (AvgIpc) is 2.43. The normalized spacial score (nSPS) is 12.5. The van der Waals surface area contributed by atoms with Crippen molar-refractivity contribution in [2.75, 3.05) is 5.75 Å². The van der Waals surface area contributed by atoms with Crippen molar-refractivity contribution in [3.63, 3.8) is 0 Å². The van der Waals surface area contributed by atoms with Gasteiger partial charge in [-0.15, -0.1) is 11.6 Å². The van der Waals surface area contributed by atoms with E-state index >= 15 is 0 Å². The molecule has 0 aliphatic carbocycles. The smallest absolute Gasteiger partial charge is 0.0647 e. The first kappa shape index (κ1) is 16.6. The van der Waals surface area contributed by atoms with Gasteiger partial charge in [-0.25, -0.2) is 0 Å². The van der Waals surface area contributed by atoms with Crippen LogP contribution in [0.25, 0.3) is 0 Å². The summed E-state index contributed by atoms with van der Waals surface area (Å²) in [6.45, 7) is 2.22. The lowest BCUT2D eigenvalue weighted by molar-refractivity contribution is 0.622. The number of nitrogens with zero attached hydrogens (tertiary/aromatic N) is 1. The zero-order valence-corrected chi connectivity index (χ0v) is 13.3. The molecule has 0 fully saturated rings. The van der Waals surface area contributed by atoms with E-state index in [1.54, 1.807) is 6.20 Å². The lowest BCUT2D eigenvalue weighted by Gasteiger charge is -2.03. The van der Waals surface area contributed by atoms with Crippen LogP contribution in [0.2, 0.25) is 0 Å². The highest BCUT2D eigenvalue weighted by Crippen LogP contribution is 2.09. The van der Waals surface area contributed by atoms with Gasteiger partial charge in [-0.2, -0.15) is 0 Å². The fourth-order valence-corrected chi connectivity index (χ4v) is 3.29. The first-order valence-corrected chi connectivity index (χ1v) is 9.13. The molecule has 0 amide bonds. The van der Waals surface area contributed by atoms with Crippen molar-refractivity contribution in [2.24, 2.45) is 0 Å². The average molecular weight is 302 g/mol. The zero-order chi connectivity index (χ0) is 13.9. The molecule has 1 heterocycles. The molecule has 0 N–H and O–H groups in total. The van der Waals surface area contributed by atoms with Crippen LogP contribution in [0.3, 0.4) is 0 Å². The van der Waals surface area contributed by atoms with Crippen LogP contribution in [0.15, 0.2) is 18.3 Å². The molecule has 0 saturated carbocycles. The van der Waals surface area contributed by atoms with Gasteiger partial charge in [0.2, 0.25) is 0 Å². The maximum absolute atomic E-state index is 11.9. The third-order valence-electron chi connectivity index (χ3n) is 3.08. The number of rotatable bonds is 10. The van der Waals surface area contributed by atoms with E-state index in [1.165, 1.54) is 32.1 Å². The molecule has 1 aromatic heterocycles. The van der Waals surface area contributed by atoms with Crippen molar-refractivity contribution in [1.82, 2.24) is 4.98 Å². The third kappa shape index (κ3) is 7.68. The number of hydrogen-bond acceptors (Lipinski definition) is 2. The second-order valence-electron chi connectivity index (χ2n) is 4.85. The van der Waals surface area contributed by atoms with E-state index in [-0.39, 0.29) is 0 Å². The summed E-state index contributed by atoms with van der Waals surface area (Å²) in [4.78, 5) is 4.21. The summed E-state index contributed by atoms with van der Waals surface area (Å²) in [5.41, 5.74) is 1.91. The highest BCUT2D eigenvalue weighted by atomic mass is 35.5. The van der Waals surface area contributed by atoms with E-state index in [9.17, 15) is 4.21 Å². The monoisotopic (exact) mass is 301 g/mol. The summed E-state index contributed by atoms with van der Waals surface area (Å²) in [5.74, 6) is 1.86. The van der Waals surface area contributed by atoms with Gasteiger partial charge in [0.05, 0.1) is 17.3 Å².